The Kier molecular flexibility index (Phi) is 3.67. The molecule has 1 aromatic rings. The number of nitrogens with zero attached hydrogens (tertiary/aromatic N) is 1. The Morgan fingerprint density at radius 3 is 2.79 bits per heavy atom. The molecule has 1 saturated carbocycles. The summed E-state index contributed by atoms with van der Waals surface area (Å²) >= 11 is 0. The number of hydrogen-bond acceptors (Lipinski definition) is 3. The van der Waals surface area contributed by atoms with Crippen molar-refractivity contribution in [1.82, 2.24) is 15.3 Å². The van der Waals surface area contributed by atoms with Gasteiger partial charge in [-0.3, -0.25) is 4.79 Å². The van der Waals surface area contributed by atoms with E-state index in [1.54, 1.807) is 6.33 Å². The molecule has 19 heavy (non-hydrogen) atoms. The predicted octanol–water partition coefficient (Wildman–Crippen LogP) is 1.32. The van der Waals surface area contributed by atoms with Gasteiger partial charge in [-0.25, -0.2) is 4.98 Å². The molecular weight excluding hydrogens is 242 g/mol. The number of amides is 1. The molecule has 1 atom stereocenters. The van der Waals surface area contributed by atoms with Gasteiger partial charge in [-0.15, -0.1) is 0 Å². The molecule has 1 heterocycles. The minimum Gasteiger partial charge on any atom is -0.387 e. The molecule has 1 aliphatic rings. The van der Waals surface area contributed by atoms with Gasteiger partial charge in [0, 0.05) is 12.2 Å². The summed E-state index contributed by atoms with van der Waals surface area (Å²) in [6.45, 7) is 6.33. The highest BCUT2D eigenvalue weighted by atomic mass is 16.3. The second kappa shape index (κ2) is 4.96. The molecule has 1 aliphatic carbocycles. The maximum absolute atomic E-state index is 11.9. The molecule has 1 amide bonds. The highest BCUT2D eigenvalue weighted by molar-refractivity contribution is 5.78. The van der Waals surface area contributed by atoms with Crippen LogP contribution in [0.2, 0.25) is 0 Å². The third-order valence-corrected chi connectivity index (χ3v) is 4.49. The highest BCUT2D eigenvalue weighted by Gasteiger charge is 2.47. The van der Waals surface area contributed by atoms with Gasteiger partial charge < -0.3 is 15.4 Å². The van der Waals surface area contributed by atoms with Crippen molar-refractivity contribution in [2.45, 2.75) is 52.1 Å². The number of aromatic nitrogens is 2. The Morgan fingerprint density at radius 2 is 2.26 bits per heavy atom. The third kappa shape index (κ3) is 2.81. The lowest BCUT2D eigenvalue weighted by Gasteiger charge is -2.36. The van der Waals surface area contributed by atoms with Gasteiger partial charge in [0.15, 0.2) is 0 Å². The lowest BCUT2D eigenvalue weighted by molar-refractivity contribution is -0.123. The SMILES string of the molecule is Cc1[nH]cnc1CC(=O)NC[C@]1(O)CCCC1(C)C. The highest BCUT2D eigenvalue weighted by Crippen LogP contribution is 2.45. The molecule has 106 valence electrons. The number of H-pyrrole nitrogens is 1. The van der Waals surface area contributed by atoms with Gasteiger partial charge in [0.25, 0.3) is 0 Å². The maximum atomic E-state index is 11.9. The summed E-state index contributed by atoms with van der Waals surface area (Å²) in [7, 11) is 0. The lowest BCUT2D eigenvalue weighted by atomic mass is 9.78. The van der Waals surface area contributed by atoms with Gasteiger partial charge in [0.1, 0.15) is 0 Å². The number of carbonyl (C=O) groups excluding carboxylic acids is 1. The van der Waals surface area contributed by atoms with Crippen molar-refractivity contribution in [2.24, 2.45) is 5.41 Å². The van der Waals surface area contributed by atoms with E-state index in [-0.39, 0.29) is 17.7 Å². The van der Waals surface area contributed by atoms with Crippen molar-refractivity contribution >= 4 is 5.91 Å². The average molecular weight is 265 g/mol. The summed E-state index contributed by atoms with van der Waals surface area (Å²) in [5, 5.41) is 13.5. The molecule has 0 aliphatic heterocycles. The summed E-state index contributed by atoms with van der Waals surface area (Å²) in [6.07, 6.45) is 4.61. The minimum atomic E-state index is -0.788. The number of rotatable bonds is 4. The molecule has 0 spiro atoms. The largest absolute Gasteiger partial charge is 0.387 e. The van der Waals surface area contributed by atoms with Crippen molar-refractivity contribution in [3.8, 4) is 0 Å². The van der Waals surface area contributed by atoms with Gasteiger partial charge in [-0.1, -0.05) is 13.8 Å². The first-order valence-corrected chi connectivity index (χ1v) is 6.82. The average Bonchev–Trinajstić information content (AvgIpc) is 2.83. The number of aryl methyl sites for hydroxylation is 1. The zero-order chi connectivity index (χ0) is 14.1. The number of nitrogens with one attached hydrogen (secondary N) is 2. The van der Waals surface area contributed by atoms with E-state index in [4.69, 9.17) is 0 Å². The molecule has 0 aromatic carbocycles. The zero-order valence-corrected chi connectivity index (χ0v) is 11.9. The van der Waals surface area contributed by atoms with Crippen LogP contribution in [0.15, 0.2) is 6.33 Å². The summed E-state index contributed by atoms with van der Waals surface area (Å²) in [5.41, 5.74) is 0.747. The summed E-state index contributed by atoms with van der Waals surface area (Å²) in [6, 6.07) is 0. The van der Waals surface area contributed by atoms with Crippen LogP contribution in [0.4, 0.5) is 0 Å². The Balaban J connectivity index is 1.89. The molecule has 5 heteroatoms. The Morgan fingerprint density at radius 1 is 1.53 bits per heavy atom. The van der Waals surface area contributed by atoms with Crippen molar-refractivity contribution in [3.05, 3.63) is 17.7 Å². The second-order valence-electron chi connectivity index (χ2n) is 6.20. The van der Waals surface area contributed by atoms with Crippen LogP contribution in [-0.4, -0.2) is 33.1 Å². The van der Waals surface area contributed by atoms with Crippen LogP contribution in [0.25, 0.3) is 0 Å². The number of imidazole rings is 1. The molecule has 0 radical (unpaired) electrons. The van der Waals surface area contributed by atoms with E-state index in [9.17, 15) is 9.90 Å². The molecule has 0 saturated heterocycles. The topological polar surface area (TPSA) is 78.0 Å². The van der Waals surface area contributed by atoms with E-state index in [0.717, 1.165) is 30.7 Å². The van der Waals surface area contributed by atoms with Crippen molar-refractivity contribution in [2.75, 3.05) is 6.54 Å². The number of aliphatic hydroxyl groups is 1. The van der Waals surface area contributed by atoms with E-state index in [2.05, 4.69) is 29.1 Å². The number of aromatic amines is 1. The summed E-state index contributed by atoms with van der Waals surface area (Å²) in [4.78, 5) is 19.0. The van der Waals surface area contributed by atoms with Gasteiger partial charge in [0.2, 0.25) is 5.91 Å². The Bertz CT molecular complexity index is 467. The van der Waals surface area contributed by atoms with Crippen molar-refractivity contribution < 1.29 is 9.90 Å². The van der Waals surface area contributed by atoms with E-state index in [1.807, 2.05) is 6.92 Å². The fraction of sp³-hybridized carbons (Fsp3) is 0.714. The van der Waals surface area contributed by atoms with Gasteiger partial charge in [-0.05, 0) is 31.6 Å². The summed E-state index contributed by atoms with van der Waals surface area (Å²) in [5.74, 6) is -0.0914. The van der Waals surface area contributed by atoms with E-state index < -0.39 is 5.60 Å². The van der Waals surface area contributed by atoms with E-state index in [0.29, 0.717) is 6.54 Å². The Hall–Kier alpha value is -1.36. The fourth-order valence-electron chi connectivity index (χ4n) is 2.75. The predicted molar refractivity (Wildman–Crippen MR) is 72.6 cm³/mol. The maximum Gasteiger partial charge on any atom is 0.226 e. The van der Waals surface area contributed by atoms with Crippen LogP contribution in [0, 0.1) is 12.3 Å². The smallest absolute Gasteiger partial charge is 0.226 e. The van der Waals surface area contributed by atoms with Crippen LogP contribution in [0.5, 0.6) is 0 Å². The molecule has 1 fully saturated rings. The zero-order valence-electron chi connectivity index (χ0n) is 11.9. The quantitative estimate of drug-likeness (QED) is 0.768. The lowest BCUT2D eigenvalue weighted by Crippen LogP contribution is -2.49. The van der Waals surface area contributed by atoms with Crippen LogP contribution in [0.3, 0.4) is 0 Å². The minimum absolute atomic E-state index is 0.0914. The first-order chi connectivity index (χ1) is 8.84. The summed E-state index contributed by atoms with van der Waals surface area (Å²) < 4.78 is 0. The van der Waals surface area contributed by atoms with Crippen molar-refractivity contribution in [3.63, 3.8) is 0 Å². The van der Waals surface area contributed by atoms with E-state index in [1.165, 1.54) is 0 Å². The molecule has 1 aromatic heterocycles. The van der Waals surface area contributed by atoms with Crippen LogP contribution in [0.1, 0.15) is 44.5 Å². The Labute approximate surface area is 113 Å². The van der Waals surface area contributed by atoms with E-state index >= 15 is 0 Å². The number of carbonyl (C=O) groups is 1. The molecule has 0 bridgehead atoms. The first-order valence-electron chi connectivity index (χ1n) is 6.82. The molecule has 0 unspecified atom stereocenters. The van der Waals surface area contributed by atoms with Crippen molar-refractivity contribution in [1.29, 1.82) is 0 Å². The second-order valence-corrected chi connectivity index (χ2v) is 6.20. The van der Waals surface area contributed by atoms with Gasteiger partial charge in [-0.2, -0.15) is 0 Å². The molecular formula is C14H23N3O2. The normalized spacial score (nSPS) is 25.5. The van der Waals surface area contributed by atoms with Gasteiger partial charge >= 0.3 is 0 Å². The van der Waals surface area contributed by atoms with Crippen LogP contribution in [-0.2, 0) is 11.2 Å². The van der Waals surface area contributed by atoms with Gasteiger partial charge in [0.05, 0.1) is 24.0 Å². The first kappa shape index (κ1) is 14.1. The van der Waals surface area contributed by atoms with Crippen LogP contribution < -0.4 is 5.32 Å². The third-order valence-electron chi connectivity index (χ3n) is 4.49. The molecule has 2 rings (SSSR count). The van der Waals surface area contributed by atoms with Crippen LogP contribution >= 0.6 is 0 Å². The molecule has 5 nitrogen and oxygen atoms in total. The number of hydrogen-bond donors (Lipinski definition) is 3. The monoisotopic (exact) mass is 265 g/mol. The fourth-order valence-corrected chi connectivity index (χ4v) is 2.75. The molecule has 3 N–H and O–H groups in total. The standard InChI is InChI=1S/C14H23N3O2/c1-10-11(17-9-16-10)7-12(18)15-8-14(19)6-4-5-13(14,2)3/h9,19H,4-8H2,1-3H3,(H,15,18)(H,16,17)/t14-/m1/s1.